The molecule has 5 aliphatic rings. The third kappa shape index (κ3) is 8.56. The van der Waals surface area contributed by atoms with E-state index in [2.05, 4.69) is 41.1 Å². The molecule has 298 valence electrons. The summed E-state index contributed by atoms with van der Waals surface area (Å²) in [5.41, 5.74) is 1.31. The van der Waals surface area contributed by atoms with Crippen LogP contribution in [0.1, 0.15) is 113 Å². The molecule has 4 heterocycles. The standard InChI is InChI=1S/C42H52F2N8O4/c43-32-23-29(46-35-15-16-37(53)50-40(35)55)11-14-31(32)25-17-21-52(22-18-25)30-12-9-27(10-13-30)47-39(54)26-5-7-28(8-6-26)48-41-45-24-33(44)38(51-41)34-3-1-4-36(49-34)42(56)19-2-20-42/h1,3-4,11,14,23-28,30,35,46,56H,2,5-10,12-13,15-22H2,(H,47,54)(H,45,48,51)(H,50,53,55)/t26-,27-,28-,30-,35?. The van der Waals surface area contributed by atoms with Gasteiger partial charge in [-0.1, -0.05) is 12.1 Å². The summed E-state index contributed by atoms with van der Waals surface area (Å²) in [7, 11) is 0. The number of nitrogens with one attached hydrogen (secondary N) is 4. The first-order chi connectivity index (χ1) is 27.1. The quantitative estimate of drug-likeness (QED) is 0.162. The SMILES string of the molecule is O=C1CCC(Nc2ccc(C3CCN([C@H]4CC[C@H](NC(=O)[C@H]5CC[C@H](Nc6ncc(F)c(-c7cccc(C8(O)CCC8)n7)n6)CC5)CC4)CC3)c(F)c2)C(=O)N1. The number of nitrogens with zero attached hydrogens (tertiary/aromatic N) is 4. The number of hydrogen-bond acceptors (Lipinski definition) is 10. The number of halogens is 2. The van der Waals surface area contributed by atoms with Crippen LogP contribution in [-0.2, 0) is 20.0 Å². The number of piperidine rings is 2. The van der Waals surface area contributed by atoms with Crippen molar-refractivity contribution >= 4 is 29.4 Å². The number of rotatable bonds is 10. The number of amides is 3. The van der Waals surface area contributed by atoms with Crippen molar-refractivity contribution in [3.63, 3.8) is 0 Å². The first-order valence-corrected chi connectivity index (χ1v) is 20.5. The fourth-order valence-corrected chi connectivity index (χ4v) is 9.35. The van der Waals surface area contributed by atoms with Crippen LogP contribution < -0.4 is 21.3 Å². The molecule has 14 heteroatoms. The molecule has 3 saturated carbocycles. The van der Waals surface area contributed by atoms with Gasteiger partial charge in [0.15, 0.2) is 5.82 Å². The summed E-state index contributed by atoms with van der Waals surface area (Å²) in [6, 6.07) is 10.5. The van der Waals surface area contributed by atoms with Crippen molar-refractivity contribution in [3.05, 3.63) is 65.5 Å². The summed E-state index contributed by atoms with van der Waals surface area (Å²) in [5.74, 6) is -0.928. The highest BCUT2D eigenvalue weighted by Gasteiger charge is 2.38. The number of likely N-dealkylation sites (tertiary alicyclic amines) is 1. The Morgan fingerprint density at radius 3 is 2.30 bits per heavy atom. The van der Waals surface area contributed by atoms with Crippen LogP contribution >= 0.6 is 0 Å². The van der Waals surface area contributed by atoms with E-state index in [-0.39, 0.29) is 59.6 Å². The summed E-state index contributed by atoms with van der Waals surface area (Å²) in [4.78, 5) is 52.6. The molecule has 2 aromatic heterocycles. The fourth-order valence-electron chi connectivity index (χ4n) is 9.35. The third-order valence-corrected chi connectivity index (χ3v) is 12.9. The van der Waals surface area contributed by atoms with E-state index in [1.54, 1.807) is 18.2 Å². The Bertz CT molecular complexity index is 1920. The van der Waals surface area contributed by atoms with Gasteiger partial charge in [-0.15, -0.1) is 0 Å². The molecule has 2 aliphatic heterocycles. The fraction of sp³-hybridized carbons (Fsp3) is 0.571. The Balaban J connectivity index is 0.752. The second-order valence-electron chi connectivity index (χ2n) is 16.6. The zero-order chi connectivity index (χ0) is 38.8. The number of aromatic nitrogens is 3. The molecular weight excluding hydrogens is 719 g/mol. The lowest BCUT2D eigenvalue weighted by Crippen LogP contribution is -2.47. The summed E-state index contributed by atoms with van der Waals surface area (Å²) in [6.45, 7) is 1.83. The molecule has 56 heavy (non-hydrogen) atoms. The molecule has 12 nitrogen and oxygen atoms in total. The normalized spacial score (nSPS) is 27.2. The van der Waals surface area contributed by atoms with Crippen molar-refractivity contribution in [2.75, 3.05) is 23.7 Å². The number of carbonyl (C=O) groups is 3. The van der Waals surface area contributed by atoms with E-state index in [0.717, 1.165) is 89.9 Å². The molecule has 5 N–H and O–H groups in total. The molecule has 0 bridgehead atoms. The van der Waals surface area contributed by atoms with Crippen molar-refractivity contribution in [1.29, 1.82) is 0 Å². The average molecular weight is 771 g/mol. The Morgan fingerprint density at radius 2 is 1.61 bits per heavy atom. The Kier molecular flexibility index (Phi) is 11.3. The topological polar surface area (TPSA) is 161 Å². The lowest BCUT2D eigenvalue weighted by Gasteiger charge is -2.41. The summed E-state index contributed by atoms with van der Waals surface area (Å²) in [6.07, 6.45) is 12.8. The minimum absolute atomic E-state index is 0.0404. The van der Waals surface area contributed by atoms with Crippen molar-refractivity contribution in [1.82, 2.24) is 30.5 Å². The van der Waals surface area contributed by atoms with Gasteiger partial charge < -0.3 is 26.0 Å². The predicted molar refractivity (Wildman–Crippen MR) is 206 cm³/mol. The van der Waals surface area contributed by atoms with Gasteiger partial charge in [0.25, 0.3) is 0 Å². The molecule has 0 radical (unpaired) electrons. The number of imide groups is 1. The maximum absolute atomic E-state index is 15.2. The minimum Gasteiger partial charge on any atom is -0.384 e. The Morgan fingerprint density at radius 1 is 0.857 bits per heavy atom. The molecule has 1 atom stereocenters. The smallest absolute Gasteiger partial charge is 0.249 e. The van der Waals surface area contributed by atoms with E-state index in [0.29, 0.717) is 53.9 Å². The van der Waals surface area contributed by atoms with Gasteiger partial charge in [-0.05, 0) is 139 Å². The molecule has 3 amide bonds. The minimum atomic E-state index is -0.952. The molecule has 2 saturated heterocycles. The molecular formula is C42H52F2N8O4. The van der Waals surface area contributed by atoms with E-state index in [1.807, 2.05) is 12.1 Å². The van der Waals surface area contributed by atoms with Crippen LogP contribution in [0.2, 0.25) is 0 Å². The number of anilines is 2. The number of pyridine rings is 1. The molecule has 5 fully saturated rings. The van der Waals surface area contributed by atoms with E-state index in [4.69, 9.17) is 0 Å². The van der Waals surface area contributed by atoms with Crippen molar-refractivity contribution in [3.8, 4) is 11.4 Å². The molecule has 8 rings (SSSR count). The number of aliphatic hydroxyl groups is 1. The van der Waals surface area contributed by atoms with Crippen LogP contribution in [0, 0.1) is 17.6 Å². The maximum Gasteiger partial charge on any atom is 0.249 e. The first kappa shape index (κ1) is 38.3. The summed E-state index contributed by atoms with van der Waals surface area (Å²) in [5, 5.41) is 22.8. The van der Waals surface area contributed by atoms with Gasteiger partial charge >= 0.3 is 0 Å². The molecule has 3 aliphatic carbocycles. The van der Waals surface area contributed by atoms with E-state index >= 15 is 4.39 Å². The number of carbonyl (C=O) groups excluding carboxylic acids is 3. The summed E-state index contributed by atoms with van der Waals surface area (Å²) >= 11 is 0. The maximum atomic E-state index is 15.2. The number of benzene rings is 1. The highest BCUT2D eigenvalue weighted by atomic mass is 19.1. The van der Waals surface area contributed by atoms with Crippen LogP contribution in [0.5, 0.6) is 0 Å². The molecule has 0 spiro atoms. The van der Waals surface area contributed by atoms with E-state index in [1.165, 1.54) is 6.07 Å². The monoisotopic (exact) mass is 770 g/mol. The van der Waals surface area contributed by atoms with Crippen molar-refractivity contribution < 1.29 is 28.3 Å². The van der Waals surface area contributed by atoms with Crippen molar-refractivity contribution in [2.24, 2.45) is 5.92 Å². The first-order valence-electron chi connectivity index (χ1n) is 20.5. The largest absolute Gasteiger partial charge is 0.384 e. The predicted octanol–water partition coefficient (Wildman–Crippen LogP) is 5.68. The molecule has 1 aromatic carbocycles. The Labute approximate surface area is 326 Å². The van der Waals surface area contributed by atoms with E-state index in [9.17, 15) is 23.9 Å². The van der Waals surface area contributed by atoms with Gasteiger partial charge in [0, 0.05) is 36.2 Å². The lowest BCUT2D eigenvalue weighted by atomic mass is 9.77. The second-order valence-corrected chi connectivity index (χ2v) is 16.6. The van der Waals surface area contributed by atoms with Gasteiger partial charge in [-0.25, -0.2) is 23.7 Å². The van der Waals surface area contributed by atoms with Crippen LogP contribution in [0.4, 0.5) is 20.4 Å². The third-order valence-electron chi connectivity index (χ3n) is 12.9. The molecule has 1 unspecified atom stereocenters. The van der Waals surface area contributed by atoms with Gasteiger partial charge in [-0.2, -0.15) is 0 Å². The Hall–Kier alpha value is -4.56. The van der Waals surface area contributed by atoms with Gasteiger partial charge in [0.1, 0.15) is 23.2 Å². The van der Waals surface area contributed by atoms with Crippen LogP contribution in [0.15, 0.2) is 42.6 Å². The number of hydrogen-bond donors (Lipinski definition) is 5. The molecule has 3 aromatic rings. The van der Waals surface area contributed by atoms with Crippen LogP contribution in [0.3, 0.4) is 0 Å². The van der Waals surface area contributed by atoms with Gasteiger partial charge in [0.05, 0.1) is 17.6 Å². The highest BCUT2D eigenvalue weighted by molar-refractivity contribution is 6.01. The van der Waals surface area contributed by atoms with Crippen molar-refractivity contribution in [2.45, 2.75) is 132 Å². The van der Waals surface area contributed by atoms with Gasteiger partial charge in [-0.3, -0.25) is 19.7 Å². The zero-order valence-corrected chi connectivity index (χ0v) is 31.7. The second kappa shape index (κ2) is 16.5. The van der Waals surface area contributed by atoms with Crippen LogP contribution in [0.25, 0.3) is 11.4 Å². The summed E-state index contributed by atoms with van der Waals surface area (Å²) < 4.78 is 30.1. The highest BCUT2D eigenvalue weighted by Crippen LogP contribution is 2.41. The lowest BCUT2D eigenvalue weighted by molar-refractivity contribution is -0.133. The van der Waals surface area contributed by atoms with E-state index < -0.39 is 17.5 Å². The van der Waals surface area contributed by atoms with Gasteiger partial charge in [0.2, 0.25) is 23.7 Å². The zero-order valence-electron chi connectivity index (χ0n) is 31.7. The average Bonchev–Trinajstić information content (AvgIpc) is 3.19. The van der Waals surface area contributed by atoms with Crippen LogP contribution in [-0.4, -0.2) is 79.9 Å².